The lowest BCUT2D eigenvalue weighted by molar-refractivity contribution is 0.422. The van der Waals surface area contributed by atoms with E-state index in [0.717, 1.165) is 28.2 Å². The van der Waals surface area contributed by atoms with Crippen LogP contribution in [0.15, 0.2) is 35.0 Å². The average molecular weight is 345 g/mol. The maximum Gasteiger partial charge on any atom is 0.276 e. The van der Waals surface area contributed by atoms with E-state index in [1.54, 1.807) is 0 Å². The molecule has 0 saturated carbocycles. The van der Waals surface area contributed by atoms with Gasteiger partial charge in [-0.2, -0.15) is 4.98 Å². The molecule has 4 aromatic rings. The third-order valence-electron chi connectivity index (χ3n) is 4.15. The van der Waals surface area contributed by atoms with Gasteiger partial charge in [-0.05, 0) is 23.8 Å². The first-order chi connectivity index (χ1) is 12.6. The fourth-order valence-electron chi connectivity index (χ4n) is 2.87. The Labute approximate surface area is 151 Å². The van der Waals surface area contributed by atoms with Gasteiger partial charge in [0.2, 0.25) is 0 Å². The van der Waals surface area contributed by atoms with Crippen molar-refractivity contribution in [1.82, 2.24) is 25.0 Å². The molecule has 0 fully saturated rings. The lowest BCUT2D eigenvalue weighted by Crippen LogP contribution is -2.01. The summed E-state index contributed by atoms with van der Waals surface area (Å²) in [5.41, 5.74) is 3.92. The molecule has 0 atom stereocenters. The molecule has 6 heteroatoms. The quantitative estimate of drug-likeness (QED) is 0.455. The van der Waals surface area contributed by atoms with Crippen LogP contribution in [0.25, 0.3) is 33.4 Å². The second-order valence-corrected chi connectivity index (χ2v) is 6.35. The normalized spacial score (nSPS) is 10.9. The van der Waals surface area contributed by atoms with Gasteiger partial charge in [-0.25, -0.2) is 4.98 Å². The van der Waals surface area contributed by atoms with Crippen molar-refractivity contribution in [2.45, 2.75) is 19.8 Å². The molecule has 0 radical (unpaired) electrons. The Morgan fingerprint density at radius 1 is 1.15 bits per heavy atom. The van der Waals surface area contributed by atoms with Gasteiger partial charge in [-0.3, -0.25) is 0 Å². The van der Waals surface area contributed by atoms with Crippen LogP contribution in [0, 0.1) is 12.0 Å². The van der Waals surface area contributed by atoms with Gasteiger partial charge in [0.15, 0.2) is 5.82 Å². The van der Waals surface area contributed by atoms with Gasteiger partial charge < -0.3 is 14.4 Å². The Balaban J connectivity index is 1.78. The molecule has 4 rings (SSSR count). The largest absolute Gasteiger partial charge is 0.353 e. The van der Waals surface area contributed by atoms with E-state index in [0.29, 0.717) is 23.8 Å². The summed E-state index contributed by atoms with van der Waals surface area (Å²) in [6, 6.07) is 11.4. The molecule has 0 aliphatic heterocycles. The van der Waals surface area contributed by atoms with E-state index in [-0.39, 0.29) is 0 Å². The van der Waals surface area contributed by atoms with E-state index >= 15 is 0 Å². The number of rotatable bonds is 3. The van der Waals surface area contributed by atoms with Crippen molar-refractivity contribution < 1.29 is 4.52 Å². The molecule has 3 heterocycles. The van der Waals surface area contributed by atoms with Crippen LogP contribution >= 0.6 is 0 Å². The van der Waals surface area contributed by atoms with Gasteiger partial charge in [0.1, 0.15) is 5.69 Å². The molecule has 26 heavy (non-hydrogen) atoms. The predicted molar refractivity (Wildman–Crippen MR) is 101 cm³/mol. The Morgan fingerprint density at radius 3 is 2.77 bits per heavy atom. The van der Waals surface area contributed by atoms with Gasteiger partial charge in [0.25, 0.3) is 5.89 Å². The molecule has 0 spiro atoms. The summed E-state index contributed by atoms with van der Waals surface area (Å²) >= 11 is 0. The highest BCUT2D eigenvalue weighted by Crippen LogP contribution is 2.29. The number of aromatic amines is 1. The zero-order valence-electron chi connectivity index (χ0n) is 15.0. The monoisotopic (exact) mass is 345 g/mol. The zero-order chi connectivity index (χ0) is 18.1. The Hall–Kier alpha value is -3.33. The van der Waals surface area contributed by atoms with Crippen molar-refractivity contribution in [3.05, 3.63) is 41.9 Å². The van der Waals surface area contributed by atoms with E-state index in [9.17, 15) is 0 Å². The summed E-state index contributed by atoms with van der Waals surface area (Å²) in [6.07, 6.45) is 3.25. The van der Waals surface area contributed by atoms with Crippen LogP contribution in [0.4, 0.5) is 0 Å². The zero-order valence-corrected chi connectivity index (χ0v) is 15.0. The Morgan fingerprint density at radius 2 is 2.00 bits per heavy atom. The van der Waals surface area contributed by atoms with E-state index in [1.807, 2.05) is 38.2 Å². The summed E-state index contributed by atoms with van der Waals surface area (Å²) in [5, 5.41) is 6.18. The highest BCUT2D eigenvalue weighted by molar-refractivity contribution is 6.08. The molecule has 6 nitrogen and oxygen atoms in total. The van der Waals surface area contributed by atoms with E-state index in [2.05, 4.69) is 50.3 Å². The predicted octanol–water partition coefficient (Wildman–Crippen LogP) is 3.39. The van der Waals surface area contributed by atoms with Crippen LogP contribution < -0.4 is 0 Å². The number of benzene rings is 1. The van der Waals surface area contributed by atoms with Gasteiger partial charge in [-0.1, -0.05) is 24.1 Å². The van der Waals surface area contributed by atoms with Crippen LogP contribution in [0.3, 0.4) is 0 Å². The molecule has 0 amide bonds. The lowest BCUT2D eigenvalue weighted by atomic mass is 10.1. The smallest absolute Gasteiger partial charge is 0.276 e. The van der Waals surface area contributed by atoms with Gasteiger partial charge in [-0.15, -0.1) is 0 Å². The summed E-state index contributed by atoms with van der Waals surface area (Å²) < 4.78 is 5.32. The molecule has 1 N–H and O–H groups in total. The van der Waals surface area contributed by atoms with E-state index in [1.165, 1.54) is 5.56 Å². The molecule has 0 saturated heterocycles. The molecule has 0 unspecified atom stereocenters. The maximum absolute atomic E-state index is 5.32. The molecule has 3 aromatic heterocycles. The minimum absolute atomic E-state index is 0.450. The maximum atomic E-state index is 5.32. The highest BCUT2D eigenvalue weighted by Gasteiger charge is 2.12. The fourth-order valence-corrected chi connectivity index (χ4v) is 2.87. The second kappa shape index (κ2) is 6.52. The molecule has 1 aromatic carbocycles. The van der Waals surface area contributed by atoms with Crippen LogP contribution in [0.2, 0.25) is 0 Å². The van der Waals surface area contributed by atoms with Crippen LogP contribution in [-0.4, -0.2) is 39.1 Å². The number of hydrogen-bond donors (Lipinski definition) is 1. The minimum atomic E-state index is 0.450. The number of aromatic nitrogens is 4. The SMILES string of the molecule is CCc1noc(-c2cc3c(cn2)[nH]c2ccc(CC#CN(C)C)cc23)n1. The molecule has 0 aliphatic carbocycles. The van der Waals surface area contributed by atoms with Crippen LogP contribution in [0.5, 0.6) is 0 Å². The Kier molecular flexibility index (Phi) is 4.05. The number of pyridine rings is 1. The first-order valence-corrected chi connectivity index (χ1v) is 8.53. The van der Waals surface area contributed by atoms with Crippen molar-refractivity contribution in [3.8, 4) is 23.5 Å². The molecule has 0 bridgehead atoms. The van der Waals surface area contributed by atoms with Gasteiger partial charge >= 0.3 is 0 Å². The minimum Gasteiger partial charge on any atom is -0.353 e. The standard InChI is InChI=1S/C20H19N5O/c1-4-19-23-20(26-24-19)17-11-15-14-10-13(6-5-9-25(2)3)7-8-16(14)22-18(15)12-21-17/h7-8,10-12,22H,4,6H2,1-3H3. The van der Waals surface area contributed by atoms with Crippen molar-refractivity contribution >= 4 is 21.8 Å². The number of aryl methyl sites for hydroxylation is 1. The number of fused-ring (bicyclic) bond motifs is 3. The van der Waals surface area contributed by atoms with Crippen LogP contribution in [-0.2, 0) is 12.8 Å². The van der Waals surface area contributed by atoms with Crippen molar-refractivity contribution in [1.29, 1.82) is 0 Å². The van der Waals surface area contributed by atoms with E-state index in [4.69, 9.17) is 4.52 Å². The van der Waals surface area contributed by atoms with Crippen molar-refractivity contribution in [3.63, 3.8) is 0 Å². The third kappa shape index (κ3) is 3.00. The second-order valence-electron chi connectivity index (χ2n) is 6.35. The first-order valence-electron chi connectivity index (χ1n) is 8.53. The van der Waals surface area contributed by atoms with Gasteiger partial charge in [0, 0.05) is 49.3 Å². The average Bonchev–Trinajstić information content (AvgIpc) is 3.25. The molecular formula is C20H19N5O. The van der Waals surface area contributed by atoms with Crippen molar-refractivity contribution in [2.24, 2.45) is 0 Å². The molecular weight excluding hydrogens is 326 g/mol. The highest BCUT2D eigenvalue weighted by atomic mass is 16.5. The summed E-state index contributed by atoms with van der Waals surface area (Å²) in [4.78, 5) is 14.1. The number of nitrogens with zero attached hydrogens (tertiary/aromatic N) is 4. The van der Waals surface area contributed by atoms with Crippen molar-refractivity contribution in [2.75, 3.05) is 14.1 Å². The van der Waals surface area contributed by atoms with E-state index < -0.39 is 0 Å². The first kappa shape index (κ1) is 16.2. The number of hydrogen-bond acceptors (Lipinski definition) is 5. The third-order valence-corrected chi connectivity index (χ3v) is 4.15. The molecule has 130 valence electrons. The van der Waals surface area contributed by atoms with Gasteiger partial charge in [0.05, 0.1) is 11.7 Å². The number of nitrogens with one attached hydrogen (secondary N) is 1. The topological polar surface area (TPSA) is 70.8 Å². The summed E-state index contributed by atoms with van der Waals surface area (Å²) in [6.45, 7) is 1.99. The molecule has 0 aliphatic rings. The fraction of sp³-hybridized carbons (Fsp3) is 0.250. The Bertz CT molecular complexity index is 1140. The van der Waals surface area contributed by atoms with Crippen LogP contribution in [0.1, 0.15) is 18.3 Å². The number of H-pyrrole nitrogens is 1. The lowest BCUT2D eigenvalue weighted by Gasteiger charge is -1.99. The summed E-state index contributed by atoms with van der Waals surface area (Å²) in [5.74, 6) is 4.31. The summed E-state index contributed by atoms with van der Waals surface area (Å²) in [7, 11) is 3.87.